The van der Waals surface area contributed by atoms with Crippen molar-refractivity contribution in [1.82, 2.24) is 15.1 Å². The number of hydrogen-bond acceptors (Lipinski definition) is 4. The summed E-state index contributed by atoms with van der Waals surface area (Å²) in [5.74, 6) is 0.358. The van der Waals surface area contributed by atoms with Crippen molar-refractivity contribution in [3.63, 3.8) is 0 Å². The van der Waals surface area contributed by atoms with Crippen molar-refractivity contribution in [3.8, 4) is 0 Å². The third-order valence-electron chi connectivity index (χ3n) is 3.03. The predicted molar refractivity (Wildman–Crippen MR) is 72.9 cm³/mol. The summed E-state index contributed by atoms with van der Waals surface area (Å²) in [6.45, 7) is 7.74. The number of nitrogens with one attached hydrogen (secondary N) is 1. The highest BCUT2D eigenvalue weighted by atomic mass is 16.6. The van der Waals surface area contributed by atoms with E-state index in [-0.39, 0.29) is 12.0 Å². The molecule has 1 saturated heterocycles. The van der Waals surface area contributed by atoms with E-state index in [2.05, 4.69) is 10.2 Å². The molecule has 0 aromatic rings. The molecule has 0 unspecified atom stereocenters. The number of amides is 2. The van der Waals surface area contributed by atoms with Crippen molar-refractivity contribution < 1.29 is 14.3 Å². The van der Waals surface area contributed by atoms with Gasteiger partial charge in [-0.15, -0.1) is 0 Å². The minimum absolute atomic E-state index is 0.0100. The van der Waals surface area contributed by atoms with E-state index in [1.165, 1.54) is 0 Å². The quantitative estimate of drug-likeness (QED) is 0.810. The molecule has 0 bridgehead atoms. The van der Waals surface area contributed by atoms with Gasteiger partial charge in [-0.25, -0.2) is 4.79 Å². The molecule has 0 atom stereocenters. The van der Waals surface area contributed by atoms with Crippen molar-refractivity contribution in [1.29, 1.82) is 0 Å². The van der Waals surface area contributed by atoms with Crippen LogP contribution >= 0.6 is 0 Å². The molecule has 0 aromatic carbocycles. The molecular weight excluding hydrogens is 246 g/mol. The van der Waals surface area contributed by atoms with Gasteiger partial charge in [-0.05, 0) is 12.3 Å². The molecule has 1 heterocycles. The molecule has 1 N–H and O–H groups in total. The van der Waals surface area contributed by atoms with Crippen molar-refractivity contribution in [2.45, 2.75) is 20.3 Å². The molecule has 0 aromatic heterocycles. The Hall–Kier alpha value is -1.30. The van der Waals surface area contributed by atoms with Crippen LogP contribution < -0.4 is 5.32 Å². The van der Waals surface area contributed by atoms with Crippen LogP contribution in [0.4, 0.5) is 4.79 Å². The number of likely N-dealkylation sites (N-methyl/N-ethyl adjacent to an activating group) is 1. The summed E-state index contributed by atoms with van der Waals surface area (Å²) in [7, 11) is 1.63. The Morgan fingerprint density at radius 1 is 1.21 bits per heavy atom. The van der Waals surface area contributed by atoms with Gasteiger partial charge in [0.05, 0.1) is 13.2 Å². The maximum atomic E-state index is 11.8. The van der Waals surface area contributed by atoms with Crippen molar-refractivity contribution in [3.05, 3.63) is 0 Å². The van der Waals surface area contributed by atoms with Gasteiger partial charge >= 0.3 is 6.09 Å². The van der Waals surface area contributed by atoms with Crippen LogP contribution in [0.2, 0.25) is 0 Å². The van der Waals surface area contributed by atoms with E-state index in [9.17, 15) is 9.59 Å². The van der Waals surface area contributed by atoms with E-state index < -0.39 is 0 Å². The molecule has 1 rings (SSSR count). The first-order chi connectivity index (χ1) is 9.02. The van der Waals surface area contributed by atoms with Gasteiger partial charge in [0.15, 0.2) is 0 Å². The lowest BCUT2D eigenvalue weighted by molar-refractivity contribution is -0.121. The molecule has 0 aliphatic carbocycles. The predicted octanol–water partition coefficient (Wildman–Crippen LogP) is 0.533. The van der Waals surface area contributed by atoms with Crippen molar-refractivity contribution >= 4 is 12.0 Å². The summed E-state index contributed by atoms with van der Waals surface area (Å²) in [5.41, 5.74) is 0. The van der Waals surface area contributed by atoms with Gasteiger partial charge in [0.2, 0.25) is 5.91 Å². The zero-order valence-corrected chi connectivity index (χ0v) is 12.1. The zero-order valence-electron chi connectivity index (χ0n) is 12.1. The van der Waals surface area contributed by atoms with E-state index in [1.807, 2.05) is 13.8 Å². The van der Waals surface area contributed by atoms with Crippen molar-refractivity contribution in [2.75, 3.05) is 46.4 Å². The van der Waals surface area contributed by atoms with E-state index >= 15 is 0 Å². The molecule has 1 aliphatic rings. The highest BCUT2D eigenvalue weighted by molar-refractivity contribution is 5.77. The number of hydrogen-bond donors (Lipinski definition) is 1. The molecule has 0 radical (unpaired) electrons. The Morgan fingerprint density at radius 2 is 1.95 bits per heavy atom. The van der Waals surface area contributed by atoms with Crippen LogP contribution in [0.25, 0.3) is 0 Å². The monoisotopic (exact) mass is 271 g/mol. The van der Waals surface area contributed by atoms with E-state index in [1.54, 1.807) is 11.9 Å². The highest BCUT2D eigenvalue weighted by Gasteiger charge is 2.21. The van der Waals surface area contributed by atoms with Crippen LogP contribution in [0, 0.1) is 5.92 Å². The van der Waals surface area contributed by atoms with E-state index in [4.69, 9.17) is 4.74 Å². The Morgan fingerprint density at radius 3 is 2.58 bits per heavy atom. The summed E-state index contributed by atoms with van der Waals surface area (Å²) in [6.07, 6.45) is 0.629. The minimum atomic E-state index is -0.240. The summed E-state index contributed by atoms with van der Waals surface area (Å²) in [4.78, 5) is 27.0. The van der Waals surface area contributed by atoms with Crippen LogP contribution in [0.1, 0.15) is 20.3 Å². The molecule has 1 aliphatic heterocycles. The van der Waals surface area contributed by atoms with Crippen LogP contribution in [0.3, 0.4) is 0 Å². The maximum absolute atomic E-state index is 11.8. The summed E-state index contributed by atoms with van der Waals surface area (Å²) >= 11 is 0. The molecular formula is C13H25N3O3. The number of carbonyl (C=O) groups is 2. The van der Waals surface area contributed by atoms with Gasteiger partial charge in [-0.2, -0.15) is 0 Å². The number of rotatable bonds is 4. The van der Waals surface area contributed by atoms with Crippen LogP contribution in [-0.2, 0) is 9.53 Å². The summed E-state index contributed by atoms with van der Waals surface area (Å²) < 4.78 is 5.23. The number of carbonyl (C=O) groups excluding carboxylic acids is 2. The molecule has 0 saturated carbocycles. The fraction of sp³-hybridized carbons (Fsp3) is 0.846. The smallest absolute Gasteiger partial charge is 0.409 e. The third kappa shape index (κ3) is 5.92. The molecule has 2 amide bonds. The molecule has 110 valence electrons. The Bertz CT molecular complexity index is 308. The Balaban J connectivity index is 2.36. The first-order valence-electron chi connectivity index (χ1n) is 6.87. The lowest BCUT2D eigenvalue weighted by Crippen LogP contribution is -2.39. The van der Waals surface area contributed by atoms with E-state index in [0.29, 0.717) is 38.7 Å². The largest absolute Gasteiger partial charge is 0.449 e. The second kappa shape index (κ2) is 7.99. The molecule has 1 fully saturated rings. The van der Waals surface area contributed by atoms with Crippen molar-refractivity contribution in [2.24, 2.45) is 5.92 Å². The minimum Gasteiger partial charge on any atom is -0.449 e. The Labute approximate surface area is 115 Å². The zero-order chi connectivity index (χ0) is 14.3. The first-order valence-corrected chi connectivity index (χ1v) is 6.87. The van der Waals surface area contributed by atoms with Gasteiger partial charge in [0, 0.05) is 33.2 Å². The van der Waals surface area contributed by atoms with Gasteiger partial charge in [0.1, 0.15) is 0 Å². The normalized spacial score (nSPS) is 17.2. The van der Waals surface area contributed by atoms with Gasteiger partial charge in [0.25, 0.3) is 0 Å². The van der Waals surface area contributed by atoms with Crippen LogP contribution in [-0.4, -0.2) is 68.2 Å². The SMILES string of the molecule is CNC(=O)CN1CCCN(C(=O)OCC(C)C)CC1. The average molecular weight is 271 g/mol. The molecule has 6 heteroatoms. The van der Waals surface area contributed by atoms with Gasteiger partial charge in [-0.1, -0.05) is 13.8 Å². The third-order valence-corrected chi connectivity index (χ3v) is 3.03. The summed E-state index contributed by atoms with van der Waals surface area (Å²) in [6, 6.07) is 0. The number of ether oxygens (including phenoxy) is 1. The maximum Gasteiger partial charge on any atom is 0.409 e. The number of nitrogens with zero attached hydrogens (tertiary/aromatic N) is 2. The second-order valence-corrected chi connectivity index (χ2v) is 5.26. The fourth-order valence-electron chi connectivity index (χ4n) is 1.92. The summed E-state index contributed by atoms with van der Waals surface area (Å²) in [5, 5.41) is 2.61. The lowest BCUT2D eigenvalue weighted by atomic mass is 10.2. The molecule has 0 spiro atoms. The fourth-order valence-corrected chi connectivity index (χ4v) is 1.92. The molecule has 6 nitrogen and oxygen atoms in total. The molecule has 19 heavy (non-hydrogen) atoms. The second-order valence-electron chi connectivity index (χ2n) is 5.26. The Kier molecular flexibility index (Phi) is 6.62. The van der Waals surface area contributed by atoms with Crippen LogP contribution in [0.15, 0.2) is 0 Å². The highest BCUT2D eigenvalue weighted by Crippen LogP contribution is 2.05. The first kappa shape index (κ1) is 15.8. The standard InChI is InChI=1S/C13H25N3O3/c1-11(2)10-19-13(18)16-6-4-5-15(7-8-16)9-12(17)14-3/h11H,4-10H2,1-3H3,(H,14,17). The van der Waals surface area contributed by atoms with Gasteiger partial charge in [-0.3, -0.25) is 9.69 Å². The topological polar surface area (TPSA) is 61.9 Å². The van der Waals surface area contributed by atoms with Crippen LogP contribution in [0.5, 0.6) is 0 Å². The average Bonchev–Trinajstić information content (AvgIpc) is 2.61. The van der Waals surface area contributed by atoms with Gasteiger partial charge < -0.3 is 15.0 Å². The lowest BCUT2D eigenvalue weighted by Gasteiger charge is -2.21. The van der Waals surface area contributed by atoms with E-state index in [0.717, 1.165) is 13.0 Å².